The molecule has 0 amide bonds. The van der Waals surface area contributed by atoms with Crippen LogP contribution in [0.5, 0.6) is 0 Å². The van der Waals surface area contributed by atoms with Gasteiger partial charge in [0.05, 0.1) is 6.04 Å². The van der Waals surface area contributed by atoms with Crippen LogP contribution in [0.25, 0.3) is 0 Å². The van der Waals surface area contributed by atoms with Gasteiger partial charge in [-0.05, 0) is 31.9 Å². The second kappa shape index (κ2) is 6.46. The van der Waals surface area contributed by atoms with E-state index in [4.69, 9.17) is 4.42 Å². The fraction of sp³-hybridized carbons (Fsp3) is 0.533. The molecule has 1 saturated heterocycles. The molecular formula is C15H22N4O3S. The zero-order valence-corrected chi connectivity index (χ0v) is 14.2. The van der Waals surface area contributed by atoms with Gasteiger partial charge in [0.1, 0.15) is 17.3 Å². The molecule has 0 radical (unpaired) electrons. The van der Waals surface area contributed by atoms with Crippen LogP contribution >= 0.6 is 0 Å². The van der Waals surface area contributed by atoms with E-state index in [2.05, 4.69) is 9.71 Å². The lowest BCUT2D eigenvalue weighted by Gasteiger charge is -2.22. The summed E-state index contributed by atoms with van der Waals surface area (Å²) >= 11 is 0. The van der Waals surface area contributed by atoms with Crippen molar-refractivity contribution in [1.29, 1.82) is 0 Å². The quantitative estimate of drug-likeness (QED) is 0.866. The van der Waals surface area contributed by atoms with E-state index in [0.29, 0.717) is 19.5 Å². The highest BCUT2D eigenvalue weighted by molar-refractivity contribution is 7.87. The van der Waals surface area contributed by atoms with E-state index in [1.807, 2.05) is 36.9 Å². The van der Waals surface area contributed by atoms with Crippen molar-refractivity contribution in [3.05, 3.63) is 41.9 Å². The molecular weight excluding hydrogens is 316 g/mol. The summed E-state index contributed by atoms with van der Waals surface area (Å²) in [6.07, 6.45) is 5.73. The number of nitrogens with zero attached hydrogens (tertiary/aromatic N) is 3. The SMILES string of the molecule is Cc1ccc([C@@H]2CCCN2S(=O)(=O)NCCc2nccn2C)o1. The molecule has 1 atom stereocenters. The molecule has 0 bridgehead atoms. The van der Waals surface area contributed by atoms with Crippen molar-refractivity contribution in [2.24, 2.45) is 7.05 Å². The number of imidazole rings is 1. The standard InChI is InChI=1S/C15H22N4O3S/c1-12-5-6-14(22-12)13-4-3-10-19(13)23(20,21)17-8-7-15-16-9-11-18(15)2/h5-6,9,11,13,17H,3-4,7-8,10H2,1-2H3/t13-/m0/s1. The highest BCUT2D eigenvalue weighted by Gasteiger charge is 2.36. The zero-order valence-electron chi connectivity index (χ0n) is 13.4. The molecule has 1 aliphatic heterocycles. The van der Waals surface area contributed by atoms with Crippen molar-refractivity contribution < 1.29 is 12.8 Å². The van der Waals surface area contributed by atoms with Gasteiger partial charge in [0.15, 0.2) is 0 Å². The number of nitrogens with one attached hydrogen (secondary N) is 1. The molecule has 0 spiro atoms. The van der Waals surface area contributed by atoms with Crippen LogP contribution < -0.4 is 4.72 Å². The lowest BCUT2D eigenvalue weighted by molar-refractivity contribution is 0.330. The number of rotatable bonds is 6. The summed E-state index contributed by atoms with van der Waals surface area (Å²) in [5.74, 6) is 2.37. The van der Waals surface area contributed by atoms with Crippen LogP contribution in [0.1, 0.15) is 36.2 Å². The van der Waals surface area contributed by atoms with Crippen LogP contribution in [0, 0.1) is 6.92 Å². The number of aromatic nitrogens is 2. The molecule has 23 heavy (non-hydrogen) atoms. The molecule has 2 aromatic rings. The van der Waals surface area contributed by atoms with Crippen molar-refractivity contribution in [3.8, 4) is 0 Å². The molecule has 8 heteroatoms. The van der Waals surface area contributed by atoms with Gasteiger partial charge in [-0.3, -0.25) is 0 Å². The molecule has 0 saturated carbocycles. The van der Waals surface area contributed by atoms with Crippen LogP contribution in [-0.4, -0.2) is 35.4 Å². The number of hydrogen-bond donors (Lipinski definition) is 1. The van der Waals surface area contributed by atoms with Crippen molar-refractivity contribution in [3.63, 3.8) is 0 Å². The summed E-state index contributed by atoms with van der Waals surface area (Å²) in [5, 5.41) is 0. The van der Waals surface area contributed by atoms with Crippen molar-refractivity contribution in [2.45, 2.75) is 32.2 Å². The first-order valence-corrected chi connectivity index (χ1v) is 9.20. The Balaban J connectivity index is 1.65. The first kappa shape index (κ1) is 16.2. The predicted octanol–water partition coefficient (Wildman–Crippen LogP) is 1.54. The van der Waals surface area contributed by atoms with Crippen LogP contribution in [0.2, 0.25) is 0 Å². The Kier molecular flexibility index (Phi) is 4.56. The zero-order chi connectivity index (χ0) is 16.4. The van der Waals surface area contributed by atoms with Gasteiger partial charge in [-0.2, -0.15) is 12.7 Å². The third-order valence-electron chi connectivity index (χ3n) is 4.16. The van der Waals surface area contributed by atoms with Gasteiger partial charge in [0, 0.05) is 39.0 Å². The number of hydrogen-bond acceptors (Lipinski definition) is 4. The molecule has 126 valence electrons. The Hall–Kier alpha value is -1.64. The van der Waals surface area contributed by atoms with E-state index < -0.39 is 10.2 Å². The maximum absolute atomic E-state index is 12.6. The summed E-state index contributed by atoms with van der Waals surface area (Å²) in [5.41, 5.74) is 0. The van der Waals surface area contributed by atoms with E-state index >= 15 is 0 Å². The molecule has 7 nitrogen and oxygen atoms in total. The Labute approximate surface area is 136 Å². The Morgan fingerprint density at radius 3 is 2.91 bits per heavy atom. The minimum Gasteiger partial charge on any atom is -0.465 e. The minimum atomic E-state index is -3.53. The number of aryl methyl sites for hydroxylation is 2. The van der Waals surface area contributed by atoms with Crippen LogP contribution in [0.15, 0.2) is 28.9 Å². The van der Waals surface area contributed by atoms with Crippen LogP contribution in [0.3, 0.4) is 0 Å². The first-order valence-electron chi connectivity index (χ1n) is 7.76. The van der Waals surface area contributed by atoms with Crippen molar-refractivity contribution >= 4 is 10.2 Å². The molecule has 3 rings (SSSR count). The summed E-state index contributed by atoms with van der Waals surface area (Å²) in [7, 11) is -1.63. The van der Waals surface area contributed by atoms with Gasteiger partial charge in [0.25, 0.3) is 10.2 Å². The summed E-state index contributed by atoms with van der Waals surface area (Å²) in [4.78, 5) is 4.20. The van der Waals surface area contributed by atoms with Gasteiger partial charge in [-0.25, -0.2) is 9.71 Å². The third-order valence-corrected chi connectivity index (χ3v) is 5.78. The summed E-state index contributed by atoms with van der Waals surface area (Å²) < 4.78 is 36.9. The predicted molar refractivity (Wildman–Crippen MR) is 86.0 cm³/mol. The van der Waals surface area contributed by atoms with E-state index in [1.165, 1.54) is 4.31 Å². The van der Waals surface area contributed by atoms with E-state index in [9.17, 15) is 8.42 Å². The molecule has 1 aliphatic rings. The monoisotopic (exact) mass is 338 g/mol. The van der Waals surface area contributed by atoms with Gasteiger partial charge in [0.2, 0.25) is 0 Å². The Morgan fingerprint density at radius 2 is 2.26 bits per heavy atom. The molecule has 0 aromatic carbocycles. The summed E-state index contributed by atoms with van der Waals surface area (Å²) in [6, 6.07) is 3.52. The highest BCUT2D eigenvalue weighted by Crippen LogP contribution is 2.34. The van der Waals surface area contributed by atoms with Crippen LogP contribution in [0.4, 0.5) is 0 Å². The molecule has 1 N–H and O–H groups in total. The largest absolute Gasteiger partial charge is 0.465 e. The Morgan fingerprint density at radius 1 is 1.43 bits per heavy atom. The van der Waals surface area contributed by atoms with Gasteiger partial charge >= 0.3 is 0 Å². The molecule has 0 unspecified atom stereocenters. The maximum Gasteiger partial charge on any atom is 0.280 e. The molecule has 0 aliphatic carbocycles. The third kappa shape index (κ3) is 3.49. The summed E-state index contributed by atoms with van der Waals surface area (Å²) in [6.45, 7) is 2.71. The fourth-order valence-electron chi connectivity index (χ4n) is 2.96. The average Bonchev–Trinajstić information content (AvgIpc) is 3.20. The van der Waals surface area contributed by atoms with Crippen molar-refractivity contribution in [2.75, 3.05) is 13.1 Å². The minimum absolute atomic E-state index is 0.214. The Bertz CT molecular complexity index is 765. The van der Waals surface area contributed by atoms with E-state index in [-0.39, 0.29) is 6.04 Å². The first-order chi connectivity index (χ1) is 11.0. The van der Waals surface area contributed by atoms with Crippen molar-refractivity contribution in [1.82, 2.24) is 18.6 Å². The highest BCUT2D eigenvalue weighted by atomic mass is 32.2. The second-order valence-corrected chi connectivity index (χ2v) is 7.53. The molecule has 2 aromatic heterocycles. The van der Waals surface area contributed by atoms with Gasteiger partial charge in [-0.15, -0.1) is 0 Å². The average molecular weight is 338 g/mol. The second-order valence-electron chi connectivity index (χ2n) is 5.82. The van der Waals surface area contributed by atoms with E-state index in [0.717, 1.165) is 30.2 Å². The number of furan rings is 1. The maximum atomic E-state index is 12.6. The lowest BCUT2D eigenvalue weighted by Crippen LogP contribution is -2.41. The molecule has 3 heterocycles. The normalized spacial score (nSPS) is 19.5. The van der Waals surface area contributed by atoms with Gasteiger partial charge in [-0.1, -0.05) is 0 Å². The van der Waals surface area contributed by atoms with E-state index in [1.54, 1.807) is 6.20 Å². The van der Waals surface area contributed by atoms with Crippen LogP contribution in [-0.2, 0) is 23.7 Å². The lowest BCUT2D eigenvalue weighted by atomic mass is 10.2. The molecule has 1 fully saturated rings. The topological polar surface area (TPSA) is 80.4 Å². The fourth-order valence-corrected chi connectivity index (χ4v) is 4.40. The smallest absolute Gasteiger partial charge is 0.280 e. The van der Waals surface area contributed by atoms with Gasteiger partial charge < -0.3 is 8.98 Å².